The van der Waals surface area contributed by atoms with E-state index in [2.05, 4.69) is 4.98 Å². The Hall–Kier alpha value is -1.72. The maximum atomic E-state index is 9.63. The van der Waals surface area contributed by atoms with E-state index in [1.54, 1.807) is 24.9 Å². The second-order valence-corrected chi connectivity index (χ2v) is 5.96. The predicted octanol–water partition coefficient (Wildman–Crippen LogP) is 3.45. The third-order valence-corrected chi connectivity index (χ3v) is 4.10. The number of benzene rings is 1. The van der Waals surface area contributed by atoms with E-state index >= 15 is 0 Å². The van der Waals surface area contributed by atoms with Crippen LogP contribution in [0.2, 0.25) is 0 Å². The molecule has 5 heteroatoms. The number of rotatable bonds is 3. The Kier molecular flexibility index (Phi) is 4.31. The Morgan fingerprint density at radius 1 is 1.14 bits per heavy atom. The fraction of sp³-hybridized carbons (Fsp3) is 0.312. The standard InChI is InChI=1S/C16H17NO3S/c1-11(18)12-5-6-17-16(9-12)21-13-3-4-14-15(10-13)20-8-2-7-19-14/h3-6,9-11,18H,2,7-8H2,1H3/t11-/m0/s1. The molecule has 2 aromatic rings. The van der Waals surface area contributed by atoms with Gasteiger partial charge in [-0.15, -0.1) is 0 Å². The topological polar surface area (TPSA) is 51.6 Å². The summed E-state index contributed by atoms with van der Waals surface area (Å²) in [6, 6.07) is 9.62. The van der Waals surface area contributed by atoms with Crippen LogP contribution in [-0.2, 0) is 0 Å². The summed E-state index contributed by atoms with van der Waals surface area (Å²) in [6.07, 6.45) is 2.12. The lowest BCUT2D eigenvalue weighted by Gasteiger charge is -2.10. The highest BCUT2D eigenvalue weighted by molar-refractivity contribution is 7.99. The SMILES string of the molecule is C[C@H](O)c1ccnc(Sc2ccc3c(c2)OCCCO3)c1. The van der Waals surface area contributed by atoms with E-state index in [9.17, 15) is 5.11 Å². The second kappa shape index (κ2) is 6.37. The molecule has 2 heterocycles. The molecule has 1 N–H and O–H groups in total. The van der Waals surface area contributed by atoms with E-state index in [-0.39, 0.29) is 0 Å². The molecular weight excluding hydrogens is 286 g/mol. The number of aliphatic hydroxyl groups excluding tert-OH is 1. The summed E-state index contributed by atoms with van der Waals surface area (Å²) < 4.78 is 11.3. The van der Waals surface area contributed by atoms with Crippen LogP contribution in [-0.4, -0.2) is 23.3 Å². The number of ether oxygens (including phenoxy) is 2. The van der Waals surface area contributed by atoms with Crippen molar-refractivity contribution in [2.24, 2.45) is 0 Å². The summed E-state index contributed by atoms with van der Waals surface area (Å²) in [7, 11) is 0. The summed E-state index contributed by atoms with van der Waals surface area (Å²) in [5, 5.41) is 10.5. The van der Waals surface area contributed by atoms with Gasteiger partial charge in [-0.25, -0.2) is 4.98 Å². The zero-order valence-electron chi connectivity index (χ0n) is 11.8. The molecule has 0 bridgehead atoms. The number of hydrogen-bond acceptors (Lipinski definition) is 5. The van der Waals surface area contributed by atoms with Gasteiger partial charge >= 0.3 is 0 Å². The average molecular weight is 303 g/mol. The molecule has 1 aromatic carbocycles. The molecule has 0 unspecified atom stereocenters. The molecule has 0 saturated heterocycles. The molecule has 0 spiro atoms. The number of pyridine rings is 1. The fourth-order valence-electron chi connectivity index (χ4n) is 2.07. The first kappa shape index (κ1) is 14.2. The van der Waals surface area contributed by atoms with Gasteiger partial charge in [0.1, 0.15) is 5.03 Å². The van der Waals surface area contributed by atoms with Gasteiger partial charge in [-0.1, -0.05) is 11.8 Å². The third kappa shape index (κ3) is 3.49. The normalized spacial score (nSPS) is 15.3. The van der Waals surface area contributed by atoms with Gasteiger partial charge in [0.05, 0.1) is 19.3 Å². The van der Waals surface area contributed by atoms with Gasteiger partial charge in [-0.3, -0.25) is 0 Å². The van der Waals surface area contributed by atoms with Crippen molar-refractivity contribution in [3.05, 3.63) is 42.1 Å². The summed E-state index contributed by atoms with van der Waals surface area (Å²) in [5.74, 6) is 1.58. The minimum absolute atomic E-state index is 0.490. The maximum absolute atomic E-state index is 9.63. The predicted molar refractivity (Wildman–Crippen MR) is 81.0 cm³/mol. The number of aliphatic hydroxyl groups is 1. The van der Waals surface area contributed by atoms with Crippen molar-refractivity contribution in [3.63, 3.8) is 0 Å². The van der Waals surface area contributed by atoms with Crippen LogP contribution in [0.4, 0.5) is 0 Å². The van der Waals surface area contributed by atoms with E-state index in [0.29, 0.717) is 13.2 Å². The monoisotopic (exact) mass is 303 g/mol. The first-order valence-electron chi connectivity index (χ1n) is 6.94. The molecule has 1 atom stereocenters. The summed E-state index contributed by atoms with van der Waals surface area (Å²) in [4.78, 5) is 5.36. The molecule has 0 aliphatic carbocycles. The largest absolute Gasteiger partial charge is 0.490 e. The zero-order chi connectivity index (χ0) is 14.7. The molecule has 1 aliphatic rings. The van der Waals surface area contributed by atoms with E-state index in [1.165, 1.54) is 0 Å². The highest BCUT2D eigenvalue weighted by Crippen LogP contribution is 2.36. The molecule has 1 aliphatic heterocycles. The second-order valence-electron chi connectivity index (χ2n) is 4.86. The Morgan fingerprint density at radius 3 is 2.76 bits per heavy atom. The summed E-state index contributed by atoms with van der Waals surface area (Å²) >= 11 is 1.54. The quantitative estimate of drug-likeness (QED) is 0.941. The Bertz CT molecular complexity index is 631. The molecule has 110 valence electrons. The fourth-order valence-corrected chi connectivity index (χ4v) is 2.92. The van der Waals surface area contributed by atoms with Gasteiger partial charge in [-0.2, -0.15) is 0 Å². The first-order chi connectivity index (χ1) is 10.2. The van der Waals surface area contributed by atoms with Crippen LogP contribution in [0.25, 0.3) is 0 Å². The first-order valence-corrected chi connectivity index (χ1v) is 7.75. The van der Waals surface area contributed by atoms with Gasteiger partial charge in [0, 0.05) is 17.5 Å². The molecular formula is C16H17NO3S. The average Bonchev–Trinajstić information content (AvgIpc) is 2.72. The van der Waals surface area contributed by atoms with Crippen molar-refractivity contribution >= 4 is 11.8 Å². The molecule has 0 amide bonds. The molecule has 21 heavy (non-hydrogen) atoms. The molecule has 0 saturated carbocycles. The molecule has 1 aromatic heterocycles. The molecule has 0 radical (unpaired) electrons. The highest BCUT2D eigenvalue weighted by Gasteiger charge is 2.12. The number of fused-ring (bicyclic) bond motifs is 1. The summed E-state index contributed by atoms with van der Waals surface area (Å²) in [5.41, 5.74) is 0.863. The van der Waals surface area contributed by atoms with Crippen LogP contribution in [0.3, 0.4) is 0 Å². The Labute approximate surface area is 128 Å². The van der Waals surface area contributed by atoms with Crippen LogP contribution in [0.15, 0.2) is 46.5 Å². The highest BCUT2D eigenvalue weighted by atomic mass is 32.2. The lowest BCUT2D eigenvalue weighted by Crippen LogP contribution is -1.97. The molecule has 0 fully saturated rings. The summed E-state index contributed by atoms with van der Waals surface area (Å²) in [6.45, 7) is 3.12. The Balaban J connectivity index is 1.82. The number of aromatic nitrogens is 1. The smallest absolute Gasteiger partial charge is 0.162 e. The lowest BCUT2D eigenvalue weighted by molar-refractivity contribution is 0.199. The van der Waals surface area contributed by atoms with E-state index in [0.717, 1.165) is 33.4 Å². The molecule has 3 rings (SSSR count). The van der Waals surface area contributed by atoms with Crippen LogP contribution in [0, 0.1) is 0 Å². The van der Waals surface area contributed by atoms with Crippen LogP contribution < -0.4 is 9.47 Å². The van der Waals surface area contributed by atoms with Crippen molar-refractivity contribution in [1.82, 2.24) is 4.98 Å². The zero-order valence-corrected chi connectivity index (χ0v) is 12.6. The van der Waals surface area contributed by atoms with Crippen molar-refractivity contribution in [2.75, 3.05) is 13.2 Å². The number of hydrogen-bond donors (Lipinski definition) is 1. The van der Waals surface area contributed by atoms with Crippen molar-refractivity contribution < 1.29 is 14.6 Å². The lowest BCUT2D eigenvalue weighted by atomic mass is 10.2. The van der Waals surface area contributed by atoms with Crippen molar-refractivity contribution in [2.45, 2.75) is 29.4 Å². The molecule has 4 nitrogen and oxygen atoms in total. The number of nitrogens with zero attached hydrogens (tertiary/aromatic N) is 1. The van der Waals surface area contributed by atoms with Crippen LogP contribution >= 0.6 is 11.8 Å². The van der Waals surface area contributed by atoms with Crippen LogP contribution in [0.5, 0.6) is 11.5 Å². The van der Waals surface area contributed by atoms with Gasteiger partial charge in [-0.05, 0) is 42.8 Å². The van der Waals surface area contributed by atoms with Crippen molar-refractivity contribution in [3.8, 4) is 11.5 Å². The Morgan fingerprint density at radius 2 is 1.95 bits per heavy atom. The maximum Gasteiger partial charge on any atom is 0.162 e. The minimum Gasteiger partial charge on any atom is -0.490 e. The van der Waals surface area contributed by atoms with Gasteiger partial charge in [0.25, 0.3) is 0 Å². The third-order valence-electron chi connectivity index (χ3n) is 3.18. The van der Waals surface area contributed by atoms with Crippen LogP contribution in [0.1, 0.15) is 25.0 Å². The van der Waals surface area contributed by atoms with Crippen molar-refractivity contribution in [1.29, 1.82) is 0 Å². The van der Waals surface area contributed by atoms with E-state index in [4.69, 9.17) is 9.47 Å². The van der Waals surface area contributed by atoms with E-state index < -0.39 is 6.10 Å². The van der Waals surface area contributed by atoms with Gasteiger partial charge in [0.2, 0.25) is 0 Å². The minimum atomic E-state index is -0.490. The van der Waals surface area contributed by atoms with E-state index in [1.807, 2.05) is 30.3 Å². The van der Waals surface area contributed by atoms with Gasteiger partial charge < -0.3 is 14.6 Å². The van der Waals surface area contributed by atoms with Gasteiger partial charge in [0.15, 0.2) is 11.5 Å².